The van der Waals surface area contributed by atoms with E-state index in [9.17, 15) is 0 Å². The molecule has 1 fully saturated rings. The summed E-state index contributed by atoms with van der Waals surface area (Å²) in [6.45, 7) is 0. The van der Waals surface area contributed by atoms with Gasteiger partial charge in [-0.25, -0.2) is 14.6 Å². The van der Waals surface area contributed by atoms with Gasteiger partial charge in [0.1, 0.15) is 17.9 Å². The van der Waals surface area contributed by atoms with Crippen LogP contribution in [0.1, 0.15) is 70.6 Å². The quantitative estimate of drug-likeness (QED) is 0.582. The summed E-state index contributed by atoms with van der Waals surface area (Å²) in [6.07, 6.45) is 18.1. The van der Waals surface area contributed by atoms with E-state index in [-0.39, 0.29) is 0 Å². The maximum atomic E-state index is 5.26. The monoisotopic (exact) mass is 407 g/mol. The molecule has 0 unspecified atom stereocenters. The van der Waals surface area contributed by atoms with Crippen molar-refractivity contribution < 1.29 is 4.74 Å². The molecule has 6 nitrogen and oxygen atoms in total. The molecular formula is C24H33N5O. The van der Waals surface area contributed by atoms with E-state index in [1.165, 1.54) is 70.6 Å². The first-order chi connectivity index (χ1) is 14.8. The van der Waals surface area contributed by atoms with E-state index in [2.05, 4.69) is 20.4 Å². The Kier molecular flexibility index (Phi) is 7.16. The molecule has 1 N–H and O–H groups in total. The fourth-order valence-electron chi connectivity index (χ4n) is 4.37. The highest BCUT2D eigenvalue weighted by atomic mass is 16.5. The number of aromatic nitrogens is 4. The second-order valence-corrected chi connectivity index (χ2v) is 8.31. The van der Waals surface area contributed by atoms with E-state index in [4.69, 9.17) is 4.74 Å². The average molecular weight is 408 g/mol. The van der Waals surface area contributed by atoms with Gasteiger partial charge < -0.3 is 10.1 Å². The van der Waals surface area contributed by atoms with E-state index in [0.717, 1.165) is 28.3 Å². The molecule has 0 bridgehead atoms. The second-order valence-electron chi connectivity index (χ2n) is 8.31. The molecule has 1 aliphatic carbocycles. The third-order valence-corrected chi connectivity index (χ3v) is 6.13. The van der Waals surface area contributed by atoms with Gasteiger partial charge in [-0.05, 0) is 37.1 Å². The van der Waals surface area contributed by atoms with Crippen molar-refractivity contribution in [1.29, 1.82) is 0 Å². The molecule has 0 saturated heterocycles. The number of hydrogen-bond acceptors (Lipinski definition) is 5. The topological polar surface area (TPSA) is 64.9 Å². The van der Waals surface area contributed by atoms with Crippen molar-refractivity contribution in [1.82, 2.24) is 19.7 Å². The smallest absolute Gasteiger partial charge is 0.168 e. The van der Waals surface area contributed by atoms with Crippen LogP contribution in [0.25, 0.3) is 16.7 Å². The number of nitrogens with zero attached hydrogens (tertiary/aromatic N) is 4. The summed E-state index contributed by atoms with van der Waals surface area (Å²) < 4.78 is 7.13. The average Bonchev–Trinajstić information content (AvgIpc) is 3.21. The molecule has 0 amide bonds. The van der Waals surface area contributed by atoms with E-state index in [0.29, 0.717) is 6.04 Å². The van der Waals surface area contributed by atoms with Gasteiger partial charge in [0, 0.05) is 6.04 Å². The van der Waals surface area contributed by atoms with Crippen LogP contribution in [-0.4, -0.2) is 32.9 Å². The summed E-state index contributed by atoms with van der Waals surface area (Å²) in [4.78, 5) is 9.09. The van der Waals surface area contributed by atoms with Crippen LogP contribution in [-0.2, 0) is 0 Å². The maximum Gasteiger partial charge on any atom is 0.168 e. The number of anilines is 1. The lowest BCUT2D eigenvalue weighted by Gasteiger charge is -2.20. The molecular weight excluding hydrogens is 374 g/mol. The summed E-state index contributed by atoms with van der Waals surface area (Å²) in [5.74, 6) is 1.73. The lowest BCUT2D eigenvalue weighted by Crippen LogP contribution is -2.20. The van der Waals surface area contributed by atoms with Gasteiger partial charge in [-0.1, -0.05) is 57.8 Å². The molecule has 1 aliphatic rings. The van der Waals surface area contributed by atoms with Gasteiger partial charge >= 0.3 is 0 Å². The maximum absolute atomic E-state index is 5.26. The standard InChI is InChI=1S/C24H33N5O/c1-30-21-15-13-20(14-16-21)29-24-22(17-27-29)23(25-18-26-24)28-19-11-9-7-5-3-2-4-6-8-10-12-19/h13-19H,2-12H2,1H3,(H,25,26,28). The molecule has 0 aliphatic heterocycles. The number of ether oxygens (including phenoxy) is 1. The molecule has 0 spiro atoms. The van der Waals surface area contributed by atoms with Crippen LogP contribution in [0.4, 0.5) is 5.82 Å². The summed E-state index contributed by atoms with van der Waals surface area (Å²) >= 11 is 0. The Labute approximate surface area is 179 Å². The van der Waals surface area contributed by atoms with Crippen LogP contribution < -0.4 is 10.1 Å². The second kappa shape index (κ2) is 10.4. The van der Waals surface area contributed by atoms with Gasteiger partial charge in [0.05, 0.1) is 24.4 Å². The molecule has 3 aromatic rings. The summed E-state index contributed by atoms with van der Waals surface area (Å²) in [5, 5.41) is 9.30. The van der Waals surface area contributed by atoms with Gasteiger partial charge in [-0.3, -0.25) is 0 Å². The van der Waals surface area contributed by atoms with Crippen LogP contribution in [0.2, 0.25) is 0 Å². The van der Waals surface area contributed by atoms with Crippen LogP contribution >= 0.6 is 0 Å². The highest BCUT2D eigenvalue weighted by Crippen LogP contribution is 2.25. The predicted molar refractivity (Wildman–Crippen MR) is 121 cm³/mol. The molecule has 4 rings (SSSR count). The van der Waals surface area contributed by atoms with Gasteiger partial charge in [0.25, 0.3) is 0 Å². The van der Waals surface area contributed by atoms with Crippen molar-refractivity contribution in [3.8, 4) is 11.4 Å². The molecule has 2 aromatic heterocycles. The van der Waals surface area contributed by atoms with Crippen molar-refractivity contribution in [2.75, 3.05) is 12.4 Å². The number of nitrogens with one attached hydrogen (secondary N) is 1. The minimum Gasteiger partial charge on any atom is -0.497 e. The van der Waals surface area contributed by atoms with Crippen molar-refractivity contribution >= 4 is 16.9 Å². The molecule has 160 valence electrons. The highest BCUT2D eigenvalue weighted by Gasteiger charge is 2.15. The molecule has 0 atom stereocenters. The fraction of sp³-hybridized carbons (Fsp3) is 0.542. The lowest BCUT2D eigenvalue weighted by atomic mass is 9.98. The van der Waals surface area contributed by atoms with E-state index < -0.39 is 0 Å². The van der Waals surface area contributed by atoms with Gasteiger partial charge in [0.15, 0.2) is 5.65 Å². The number of methoxy groups -OCH3 is 1. The molecule has 1 aromatic carbocycles. The molecule has 6 heteroatoms. The Balaban J connectivity index is 1.52. The molecule has 2 heterocycles. The summed E-state index contributed by atoms with van der Waals surface area (Å²) in [6, 6.07) is 8.33. The summed E-state index contributed by atoms with van der Waals surface area (Å²) in [7, 11) is 1.67. The van der Waals surface area contributed by atoms with E-state index >= 15 is 0 Å². The van der Waals surface area contributed by atoms with Crippen molar-refractivity contribution in [3.63, 3.8) is 0 Å². The Bertz CT molecular complexity index is 909. The van der Waals surface area contributed by atoms with Crippen LogP contribution in [0.15, 0.2) is 36.8 Å². The normalized spacial score (nSPS) is 17.2. The Morgan fingerprint density at radius 3 is 2.13 bits per heavy atom. The van der Waals surface area contributed by atoms with Crippen LogP contribution in [0, 0.1) is 0 Å². The predicted octanol–water partition coefficient (Wildman–Crippen LogP) is 5.91. The Morgan fingerprint density at radius 2 is 1.50 bits per heavy atom. The van der Waals surface area contributed by atoms with E-state index in [1.54, 1.807) is 13.4 Å². The Morgan fingerprint density at radius 1 is 0.867 bits per heavy atom. The minimum atomic E-state index is 0.465. The number of benzene rings is 1. The zero-order chi connectivity index (χ0) is 20.6. The largest absolute Gasteiger partial charge is 0.497 e. The zero-order valence-corrected chi connectivity index (χ0v) is 18.0. The lowest BCUT2D eigenvalue weighted by molar-refractivity contribution is 0.414. The first-order valence-electron chi connectivity index (χ1n) is 11.4. The van der Waals surface area contributed by atoms with Crippen LogP contribution in [0.5, 0.6) is 5.75 Å². The highest BCUT2D eigenvalue weighted by molar-refractivity contribution is 5.87. The molecule has 0 radical (unpaired) electrons. The number of hydrogen-bond donors (Lipinski definition) is 1. The van der Waals surface area contributed by atoms with Crippen molar-refractivity contribution in [2.24, 2.45) is 0 Å². The number of rotatable bonds is 4. The van der Waals surface area contributed by atoms with Crippen LogP contribution in [0.3, 0.4) is 0 Å². The zero-order valence-electron chi connectivity index (χ0n) is 18.0. The third-order valence-electron chi connectivity index (χ3n) is 6.13. The molecule has 30 heavy (non-hydrogen) atoms. The molecule has 1 saturated carbocycles. The van der Waals surface area contributed by atoms with Gasteiger partial charge in [-0.2, -0.15) is 5.10 Å². The van der Waals surface area contributed by atoms with Gasteiger partial charge in [0.2, 0.25) is 0 Å². The summed E-state index contributed by atoms with van der Waals surface area (Å²) in [5.41, 5.74) is 1.78. The first-order valence-corrected chi connectivity index (χ1v) is 11.4. The SMILES string of the molecule is COc1ccc(-n2ncc3c(NC4CCCCCCCCCCC4)ncnc32)cc1. The third kappa shape index (κ3) is 5.10. The fourth-order valence-corrected chi connectivity index (χ4v) is 4.37. The van der Waals surface area contributed by atoms with Gasteiger partial charge in [-0.15, -0.1) is 0 Å². The first kappa shape index (κ1) is 20.6. The van der Waals surface area contributed by atoms with E-state index in [1.807, 2.05) is 35.1 Å². The Hall–Kier alpha value is -2.63. The minimum absolute atomic E-state index is 0.465. The van der Waals surface area contributed by atoms with Crippen molar-refractivity contribution in [3.05, 3.63) is 36.8 Å². The van der Waals surface area contributed by atoms with Crippen molar-refractivity contribution in [2.45, 2.75) is 76.7 Å². The number of fused-ring (bicyclic) bond motifs is 1.